The molecular formula is C15H14Cl2N2O2. The van der Waals surface area contributed by atoms with Gasteiger partial charge in [0.05, 0.1) is 10.0 Å². The molecule has 0 fully saturated rings. The highest BCUT2D eigenvalue weighted by Gasteiger charge is 2.12. The van der Waals surface area contributed by atoms with Crippen molar-refractivity contribution in [2.24, 2.45) is 0 Å². The lowest BCUT2D eigenvalue weighted by atomic mass is 10.0. The van der Waals surface area contributed by atoms with E-state index in [1.165, 1.54) is 6.33 Å². The van der Waals surface area contributed by atoms with Crippen LogP contribution in [0, 0.1) is 6.92 Å². The van der Waals surface area contributed by atoms with Crippen molar-refractivity contribution in [2.75, 3.05) is 0 Å². The van der Waals surface area contributed by atoms with Crippen molar-refractivity contribution >= 4 is 29.2 Å². The van der Waals surface area contributed by atoms with Gasteiger partial charge >= 0.3 is 5.97 Å². The highest BCUT2D eigenvalue weighted by molar-refractivity contribution is 6.42. The number of aryl methyl sites for hydroxylation is 2. The van der Waals surface area contributed by atoms with Gasteiger partial charge < -0.3 is 5.11 Å². The van der Waals surface area contributed by atoms with E-state index in [-0.39, 0.29) is 5.69 Å². The van der Waals surface area contributed by atoms with Crippen LogP contribution >= 0.6 is 23.2 Å². The van der Waals surface area contributed by atoms with E-state index in [1.807, 2.05) is 12.1 Å². The van der Waals surface area contributed by atoms with E-state index >= 15 is 0 Å². The molecule has 1 aromatic heterocycles. The smallest absolute Gasteiger partial charge is 0.354 e. The molecule has 1 heterocycles. The minimum atomic E-state index is -1.03. The second-order valence-corrected chi connectivity index (χ2v) is 5.52. The molecule has 0 radical (unpaired) electrons. The maximum atomic E-state index is 11.0. The van der Waals surface area contributed by atoms with E-state index in [1.54, 1.807) is 13.0 Å². The molecule has 0 spiro atoms. The molecular weight excluding hydrogens is 311 g/mol. The molecule has 4 nitrogen and oxygen atoms in total. The quantitative estimate of drug-likeness (QED) is 0.903. The second-order valence-electron chi connectivity index (χ2n) is 4.70. The highest BCUT2D eigenvalue weighted by Crippen LogP contribution is 2.23. The zero-order valence-corrected chi connectivity index (χ0v) is 12.9. The third-order valence-corrected chi connectivity index (χ3v) is 3.99. The summed E-state index contributed by atoms with van der Waals surface area (Å²) >= 11 is 11.8. The number of carboxylic acid groups (broad SMARTS) is 1. The lowest BCUT2D eigenvalue weighted by Crippen LogP contribution is -2.08. The summed E-state index contributed by atoms with van der Waals surface area (Å²) in [5, 5.41) is 10.1. The minimum absolute atomic E-state index is 0.0644. The van der Waals surface area contributed by atoms with Crippen molar-refractivity contribution in [2.45, 2.75) is 26.2 Å². The fraction of sp³-hybridized carbons (Fsp3) is 0.267. The molecule has 6 heteroatoms. The number of aromatic nitrogens is 2. The fourth-order valence-corrected chi connectivity index (χ4v) is 2.43. The predicted octanol–water partition coefficient (Wildman–Crippen LogP) is 3.97. The number of nitrogens with zero attached hydrogens (tertiary/aromatic N) is 2. The van der Waals surface area contributed by atoms with Crippen molar-refractivity contribution in [3.8, 4) is 0 Å². The van der Waals surface area contributed by atoms with E-state index in [9.17, 15) is 4.79 Å². The van der Waals surface area contributed by atoms with Crippen LogP contribution in [0.3, 0.4) is 0 Å². The normalized spacial score (nSPS) is 10.6. The van der Waals surface area contributed by atoms with Gasteiger partial charge in [-0.2, -0.15) is 0 Å². The monoisotopic (exact) mass is 324 g/mol. The van der Waals surface area contributed by atoms with E-state index in [2.05, 4.69) is 9.97 Å². The van der Waals surface area contributed by atoms with Gasteiger partial charge in [-0.05, 0) is 43.9 Å². The molecule has 21 heavy (non-hydrogen) atoms. The van der Waals surface area contributed by atoms with E-state index in [0.717, 1.165) is 24.1 Å². The van der Waals surface area contributed by atoms with Gasteiger partial charge in [0.15, 0.2) is 5.69 Å². The second kappa shape index (κ2) is 6.87. The molecule has 110 valence electrons. The maximum Gasteiger partial charge on any atom is 0.354 e. The van der Waals surface area contributed by atoms with Crippen LogP contribution in [0.1, 0.15) is 33.7 Å². The first-order valence-electron chi connectivity index (χ1n) is 6.46. The molecule has 0 aliphatic heterocycles. The average Bonchev–Trinajstić information content (AvgIpc) is 2.44. The van der Waals surface area contributed by atoms with Crippen LogP contribution in [0.25, 0.3) is 0 Å². The molecule has 0 bridgehead atoms. The summed E-state index contributed by atoms with van der Waals surface area (Å²) in [6, 6.07) is 5.56. The Bertz CT molecular complexity index is 675. The van der Waals surface area contributed by atoms with Crippen LogP contribution in [0.2, 0.25) is 10.0 Å². The number of carboxylic acids is 1. The van der Waals surface area contributed by atoms with Crippen molar-refractivity contribution < 1.29 is 9.90 Å². The van der Waals surface area contributed by atoms with Crippen molar-refractivity contribution in [3.63, 3.8) is 0 Å². The molecule has 1 N–H and O–H groups in total. The average molecular weight is 325 g/mol. The van der Waals surface area contributed by atoms with E-state index in [0.29, 0.717) is 22.0 Å². The van der Waals surface area contributed by atoms with Gasteiger partial charge in [0.25, 0.3) is 0 Å². The Kier molecular flexibility index (Phi) is 5.15. The molecule has 0 aliphatic carbocycles. The summed E-state index contributed by atoms with van der Waals surface area (Å²) in [7, 11) is 0. The third kappa shape index (κ3) is 3.93. The number of halogens is 2. The van der Waals surface area contributed by atoms with Gasteiger partial charge in [-0.1, -0.05) is 29.3 Å². The zero-order valence-electron chi connectivity index (χ0n) is 11.4. The summed E-state index contributed by atoms with van der Waals surface area (Å²) in [6.07, 6.45) is 3.65. The van der Waals surface area contributed by atoms with Crippen LogP contribution < -0.4 is 0 Å². The lowest BCUT2D eigenvalue weighted by molar-refractivity contribution is 0.0689. The van der Waals surface area contributed by atoms with Crippen molar-refractivity contribution in [1.29, 1.82) is 0 Å². The van der Waals surface area contributed by atoms with Crippen LogP contribution in [0.5, 0.6) is 0 Å². The molecule has 0 amide bonds. The van der Waals surface area contributed by atoms with Crippen molar-refractivity contribution in [1.82, 2.24) is 9.97 Å². The Morgan fingerprint density at radius 1 is 1.19 bits per heavy atom. The summed E-state index contributed by atoms with van der Waals surface area (Å²) < 4.78 is 0. The minimum Gasteiger partial charge on any atom is -0.477 e. The van der Waals surface area contributed by atoms with Gasteiger partial charge in [0.2, 0.25) is 0 Å². The Labute approximate surface area is 132 Å². The Balaban J connectivity index is 2.02. The summed E-state index contributed by atoms with van der Waals surface area (Å²) in [5.74, 6) is -1.03. The summed E-state index contributed by atoms with van der Waals surface area (Å²) in [6.45, 7) is 1.73. The highest BCUT2D eigenvalue weighted by atomic mass is 35.5. The van der Waals surface area contributed by atoms with Crippen molar-refractivity contribution in [3.05, 3.63) is 57.1 Å². The largest absolute Gasteiger partial charge is 0.477 e. The standard InChI is InChI=1S/C15H14Cl2N2O2/c1-9-13(18-8-19-14(9)15(20)21)4-2-3-10-5-6-11(16)12(17)7-10/h5-8H,2-4H2,1H3,(H,20,21). The number of aromatic carboxylic acids is 1. The van der Waals surface area contributed by atoms with Gasteiger partial charge in [0, 0.05) is 11.3 Å². The molecule has 0 unspecified atom stereocenters. The van der Waals surface area contributed by atoms with Gasteiger partial charge in [0.1, 0.15) is 6.33 Å². The predicted molar refractivity (Wildman–Crippen MR) is 82.2 cm³/mol. The van der Waals surface area contributed by atoms with Crippen LogP contribution in [-0.4, -0.2) is 21.0 Å². The number of hydrogen-bond donors (Lipinski definition) is 1. The van der Waals surface area contributed by atoms with Gasteiger partial charge in [-0.3, -0.25) is 0 Å². The maximum absolute atomic E-state index is 11.0. The summed E-state index contributed by atoms with van der Waals surface area (Å²) in [4.78, 5) is 19.0. The van der Waals surface area contributed by atoms with Crippen LogP contribution in [-0.2, 0) is 12.8 Å². The molecule has 1 aromatic carbocycles. The first kappa shape index (κ1) is 15.7. The molecule has 0 saturated carbocycles. The molecule has 0 saturated heterocycles. The fourth-order valence-electron chi connectivity index (χ4n) is 2.11. The number of carbonyl (C=O) groups is 1. The third-order valence-electron chi connectivity index (χ3n) is 3.25. The first-order valence-corrected chi connectivity index (χ1v) is 7.22. The SMILES string of the molecule is Cc1c(CCCc2ccc(Cl)c(Cl)c2)ncnc1C(=O)O. The molecule has 0 aliphatic rings. The van der Waals surface area contributed by atoms with E-state index in [4.69, 9.17) is 28.3 Å². The molecule has 2 aromatic rings. The first-order chi connectivity index (χ1) is 9.99. The van der Waals surface area contributed by atoms with Gasteiger partial charge in [-0.15, -0.1) is 0 Å². The topological polar surface area (TPSA) is 63.1 Å². The Morgan fingerprint density at radius 3 is 2.62 bits per heavy atom. The van der Waals surface area contributed by atoms with Crippen LogP contribution in [0.15, 0.2) is 24.5 Å². The zero-order chi connectivity index (χ0) is 15.4. The van der Waals surface area contributed by atoms with Crippen LogP contribution in [0.4, 0.5) is 0 Å². The number of benzene rings is 1. The lowest BCUT2D eigenvalue weighted by Gasteiger charge is -2.07. The van der Waals surface area contributed by atoms with Gasteiger partial charge in [-0.25, -0.2) is 14.8 Å². The molecule has 0 atom stereocenters. The summed E-state index contributed by atoms with van der Waals surface area (Å²) in [5.41, 5.74) is 2.55. The Morgan fingerprint density at radius 2 is 1.95 bits per heavy atom. The molecule has 2 rings (SSSR count). The number of rotatable bonds is 5. The number of hydrogen-bond acceptors (Lipinski definition) is 3. The van der Waals surface area contributed by atoms with E-state index < -0.39 is 5.97 Å². The Hall–Kier alpha value is -1.65.